The van der Waals surface area contributed by atoms with E-state index in [2.05, 4.69) is 48.8 Å². The lowest BCUT2D eigenvalue weighted by molar-refractivity contribution is 0.267. The van der Waals surface area contributed by atoms with E-state index in [0.29, 0.717) is 12.1 Å². The summed E-state index contributed by atoms with van der Waals surface area (Å²) in [6.45, 7) is 2.41. The number of rotatable bonds is 7. The molecule has 0 radical (unpaired) electrons. The van der Waals surface area contributed by atoms with Gasteiger partial charge in [-0.05, 0) is 37.5 Å². The fourth-order valence-electron chi connectivity index (χ4n) is 2.42. The van der Waals surface area contributed by atoms with Gasteiger partial charge in [-0.25, -0.2) is 0 Å². The van der Waals surface area contributed by atoms with Crippen molar-refractivity contribution in [3.63, 3.8) is 0 Å². The number of aliphatic hydroxyl groups excluding tert-OH is 1. The summed E-state index contributed by atoms with van der Waals surface area (Å²) in [4.78, 5) is 0. The molecule has 0 aromatic heterocycles. The third kappa shape index (κ3) is 3.50. The van der Waals surface area contributed by atoms with Crippen LogP contribution in [0.4, 0.5) is 0 Å². The van der Waals surface area contributed by atoms with Gasteiger partial charge in [0.15, 0.2) is 0 Å². The lowest BCUT2D eigenvalue weighted by atomic mass is 10.0. The lowest BCUT2D eigenvalue weighted by Gasteiger charge is -2.28. The summed E-state index contributed by atoms with van der Waals surface area (Å²) in [5.41, 5.74) is 1.38. The van der Waals surface area contributed by atoms with Crippen LogP contribution in [0.5, 0.6) is 0 Å². The quantitative estimate of drug-likeness (QED) is 0.795. The van der Waals surface area contributed by atoms with Crippen LogP contribution < -0.4 is 5.32 Å². The number of aliphatic hydroxyl groups is 1. The molecule has 100 valence electrons. The van der Waals surface area contributed by atoms with Gasteiger partial charge >= 0.3 is 0 Å². The molecule has 2 nitrogen and oxygen atoms in total. The molecule has 1 saturated carbocycles. The SMILES string of the molecule is CSC(CO)C(C)NC(c1ccccc1)C1CC1. The van der Waals surface area contributed by atoms with Crippen LogP contribution in [0, 0.1) is 5.92 Å². The number of thioether (sulfide) groups is 1. The van der Waals surface area contributed by atoms with Gasteiger partial charge in [0.25, 0.3) is 0 Å². The third-order valence-corrected chi connectivity index (χ3v) is 4.90. The van der Waals surface area contributed by atoms with Gasteiger partial charge in [0.2, 0.25) is 0 Å². The van der Waals surface area contributed by atoms with E-state index in [9.17, 15) is 5.11 Å². The van der Waals surface area contributed by atoms with E-state index in [-0.39, 0.29) is 11.9 Å². The van der Waals surface area contributed by atoms with E-state index in [1.54, 1.807) is 11.8 Å². The van der Waals surface area contributed by atoms with Gasteiger partial charge < -0.3 is 10.4 Å². The molecule has 1 fully saturated rings. The van der Waals surface area contributed by atoms with E-state index in [4.69, 9.17) is 0 Å². The van der Waals surface area contributed by atoms with E-state index in [1.807, 2.05) is 0 Å². The smallest absolute Gasteiger partial charge is 0.0564 e. The largest absolute Gasteiger partial charge is 0.395 e. The van der Waals surface area contributed by atoms with E-state index >= 15 is 0 Å². The Balaban J connectivity index is 2.03. The highest BCUT2D eigenvalue weighted by Gasteiger charge is 2.33. The van der Waals surface area contributed by atoms with Crippen LogP contribution in [0.3, 0.4) is 0 Å². The van der Waals surface area contributed by atoms with Gasteiger partial charge in [0.05, 0.1) is 6.61 Å². The normalized spacial score (nSPS) is 20.4. The van der Waals surface area contributed by atoms with Gasteiger partial charge in [-0.3, -0.25) is 0 Å². The van der Waals surface area contributed by atoms with Crippen molar-refractivity contribution in [2.75, 3.05) is 12.9 Å². The van der Waals surface area contributed by atoms with Gasteiger partial charge in [0.1, 0.15) is 0 Å². The minimum atomic E-state index is 0.238. The Bertz CT molecular complexity index is 349. The number of nitrogens with one attached hydrogen (secondary N) is 1. The summed E-state index contributed by atoms with van der Waals surface area (Å²) >= 11 is 1.73. The highest BCUT2D eigenvalue weighted by Crippen LogP contribution is 2.41. The van der Waals surface area contributed by atoms with Crippen molar-refractivity contribution in [1.29, 1.82) is 0 Å². The maximum absolute atomic E-state index is 9.37. The molecule has 18 heavy (non-hydrogen) atoms. The molecular weight excluding hydrogens is 242 g/mol. The fraction of sp³-hybridized carbons (Fsp3) is 0.600. The van der Waals surface area contributed by atoms with E-state index in [1.165, 1.54) is 18.4 Å². The zero-order valence-corrected chi connectivity index (χ0v) is 12.0. The summed E-state index contributed by atoms with van der Waals surface area (Å²) < 4.78 is 0. The molecule has 0 saturated heterocycles. The van der Waals surface area contributed by atoms with Crippen LogP contribution in [0.15, 0.2) is 30.3 Å². The lowest BCUT2D eigenvalue weighted by Crippen LogP contribution is -2.40. The van der Waals surface area contributed by atoms with Crippen molar-refractivity contribution in [3.8, 4) is 0 Å². The molecule has 0 spiro atoms. The minimum absolute atomic E-state index is 0.238. The fourth-order valence-corrected chi connectivity index (χ4v) is 3.06. The Hall–Kier alpha value is -0.510. The summed E-state index contributed by atoms with van der Waals surface area (Å²) in [5.74, 6) is 0.774. The Morgan fingerprint density at radius 2 is 2.00 bits per heavy atom. The van der Waals surface area contributed by atoms with Gasteiger partial charge in [0, 0.05) is 17.3 Å². The maximum atomic E-state index is 9.37. The predicted octanol–water partition coefficient (Wildman–Crippen LogP) is 2.84. The van der Waals surface area contributed by atoms with Gasteiger partial charge in [-0.2, -0.15) is 11.8 Å². The molecule has 0 aliphatic heterocycles. The molecule has 2 rings (SSSR count). The Kier molecular flexibility index (Phi) is 5.10. The predicted molar refractivity (Wildman–Crippen MR) is 78.9 cm³/mol. The highest BCUT2D eigenvalue weighted by molar-refractivity contribution is 7.99. The number of benzene rings is 1. The first kappa shape index (κ1) is 13.9. The second-order valence-electron chi connectivity index (χ2n) is 5.14. The molecule has 0 bridgehead atoms. The first-order valence-electron chi connectivity index (χ1n) is 6.71. The number of hydrogen-bond donors (Lipinski definition) is 2. The summed E-state index contributed by atoms with van der Waals surface area (Å²) in [6.07, 6.45) is 4.71. The topological polar surface area (TPSA) is 32.3 Å². The van der Waals surface area contributed by atoms with E-state index < -0.39 is 0 Å². The second-order valence-corrected chi connectivity index (χ2v) is 6.21. The van der Waals surface area contributed by atoms with Crippen molar-refractivity contribution < 1.29 is 5.11 Å². The molecule has 2 N–H and O–H groups in total. The Morgan fingerprint density at radius 1 is 1.33 bits per heavy atom. The van der Waals surface area contributed by atoms with Crippen LogP contribution in [0.1, 0.15) is 31.4 Å². The van der Waals surface area contributed by atoms with Crippen LogP contribution in [-0.2, 0) is 0 Å². The number of hydrogen-bond acceptors (Lipinski definition) is 3. The molecule has 3 heteroatoms. The molecule has 1 aliphatic carbocycles. The average molecular weight is 265 g/mol. The molecule has 3 unspecified atom stereocenters. The summed E-state index contributed by atoms with van der Waals surface area (Å²) in [6, 6.07) is 11.5. The van der Waals surface area contributed by atoms with Crippen molar-refractivity contribution in [2.45, 2.75) is 37.1 Å². The average Bonchev–Trinajstić information content (AvgIpc) is 3.23. The van der Waals surface area contributed by atoms with Crippen molar-refractivity contribution in [2.24, 2.45) is 5.92 Å². The van der Waals surface area contributed by atoms with Crippen molar-refractivity contribution in [3.05, 3.63) is 35.9 Å². The Labute approximate surface area is 114 Å². The molecule has 1 aliphatic rings. The van der Waals surface area contributed by atoms with Crippen LogP contribution >= 0.6 is 11.8 Å². The van der Waals surface area contributed by atoms with Gasteiger partial charge in [-0.15, -0.1) is 0 Å². The zero-order valence-electron chi connectivity index (χ0n) is 11.2. The molecule has 0 amide bonds. The van der Waals surface area contributed by atoms with Crippen molar-refractivity contribution in [1.82, 2.24) is 5.32 Å². The molecule has 1 aromatic rings. The van der Waals surface area contributed by atoms with Crippen LogP contribution in [-0.4, -0.2) is 29.3 Å². The monoisotopic (exact) mass is 265 g/mol. The second kappa shape index (κ2) is 6.60. The summed E-state index contributed by atoms with van der Waals surface area (Å²) in [5, 5.41) is 13.4. The first-order valence-corrected chi connectivity index (χ1v) is 7.99. The molecular formula is C15H23NOS. The standard InChI is InChI=1S/C15H23NOS/c1-11(14(10-17)18-2)16-15(13-8-9-13)12-6-4-3-5-7-12/h3-7,11,13-17H,8-10H2,1-2H3. The molecule has 3 atom stereocenters. The van der Waals surface area contributed by atoms with Crippen molar-refractivity contribution >= 4 is 11.8 Å². The molecule has 0 heterocycles. The van der Waals surface area contributed by atoms with E-state index in [0.717, 1.165) is 5.92 Å². The maximum Gasteiger partial charge on any atom is 0.0564 e. The van der Waals surface area contributed by atoms with Gasteiger partial charge in [-0.1, -0.05) is 30.3 Å². The molecule has 1 aromatic carbocycles. The minimum Gasteiger partial charge on any atom is -0.395 e. The van der Waals surface area contributed by atoms with Crippen LogP contribution in [0.2, 0.25) is 0 Å². The Morgan fingerprint density at radius 3 is 2.50 bits per heavy atom. The zero-order chi connectivity index (χ0) is 13.0. The summed E-state index contributed by atoms with van der Waals surface area (Å²) in [7, 11) is 0. The third-order valence-electron chi connectivity index (χ3n) is 3.73. The first-order chi connectivity index (χ1) is 8.76. The van der Waals surface area contributed by atoms with Crippen LogP contribution in [0.25, 0.3) is 0 Å². The highest BCUT2D eigenvalue weighted by atomic mass is 32.2.